The van der Waals surface area contributed by atoms with E-state index in [1.54, 1.807) is 6.20 Å². The zero-order valence-electron chi connectivity index (χ0n) is 10.4. The molecule has 1 aromatic carbocycles. The molecular formula is C14H14N4. The Kier molecular flexibility index (Phi) is 3.54. The van der Waals surface area contributed by atoms with Gasteiger partial charge in [0, 0.05) is 12.4 Å². The van der Waals surface area contributed by atoms with Crippen LogP contribution in [-0.2, 0) is 0 Å². The molecule has 4 nitrogen and oxygen atoms in total. The standard InChI is InChI=1S/C14H14N4/c1-10-3-5-12(6-4-10)11(2)18-14-13(9-15)16-7-8-17-14/h3-8,11H,1-2H3,(H,17,18). The van der Waals surface area contributed by atoms with Crippen LogP contribution in [0.4, 0.5) is 5.82 Å². The van der Waals surface area contributed by atoms with Crippen molar-refractivity contribution in [2.75, 3.05) is 5.32 Å². The second-order valence-corrected chi connectivity index (χ2v) is 4.14. The fourth-order valence-electron chi connectivity index (χ4n) is 1.67. The van der Waals surface area contributed by atoms with E-state index in [0.29, 0.717) is 11.5 Å². The zero-order valence-corrected chi connectivity index (χ0v) is 10.4. The number of nitrogens with one attached hydrogen (secondary N) is 1. The Balaban J connectivity index is 2.19. The lowest BCUT2D eigenvalue weighted by molar-refractivity contribution is 0.868. The first kappa shape index (κ1) is 12.1. The monoisotopic (exact) mass is 238 g/mol. The van der Waals surface area contributed by atoms with Gasteiger partial charge in [-0.3, -0.25) is 0 Å². The van der Waals surface area contributed by atoms with Crippen molar-refractivity contribution in [3.8, 4) is 6.07 Å². The lowest BCUT2D eigenvalue weighted by atomic mass is 10.1. The van der Waals surface area contributed by atoms with Gasteiger partial charge in [0.1, 0.15) is 6.07 Å². The number of hydrogen-bond acceptors (Lipinski definition) is 4. The third-order valence-electron chi connectivity index (χ3n) is 2.73. The maximum Gasteiger partial charge on any atom is 0.182 e. The van der Waals surface area contributed by atoms with Crippen LogP contribution in [0.25, 0.3) is 0 Å². The fraction of sp³-hybridized carbons (Fsp3) is 0.214. The first-order valence-electron chi connectivity index (χ1n) is 5.75. The number of nitriles is 1. The van der Waals surface area contributed by atoms with Crippen molar-refractivity contribution in [3.63, 3.8) is 0 Å². The van der Waals surface area contributed by atoms with E-state index in [4.69, 9.17) is 5.26 Å². The summed E-state index contributed by atoms with van der Waals surface area (Å²) >= 11 is 0. The molecule has 4 heteroatoms. The lowest BCUT2D eigenvalue weighted by Gasteiger charge is -2.15. The summed E-state index contributed by atoms with van der Waals surface area (Å²) in [6.45, 7) is 4.08. The fourth-order valence-corrected chi connectivity index (χ4v) is 1.67. The largest absolute Gasteiger partial charge is 0.361 e. The second kappa shape index (κ2) is 5.28. The number of aromatic nitrogens is 2. The number of rotatable bonds is 3. The van der Waals surface area contributed by atoms with Crippen LogP contribution >= 0.6 is 0 Å². The maximum absolute atomic E-state index is 8.95. The molecule has 0 bridgehead atoms. The highest BCUT2D eigenvalue weighted by Crippen LogP contribution is 2.19. The Labute approximate surface area is 106 Å². The van der Waals surface area contributed by atoms with Crippen LogP contribution in [0.3, 0.4) is 0 Å². The second-order valence-electron chi connectivity index (χ2n) is 4.14. The smallest absolute Gasteiger partial charge is 0.182 e. The van der Waals surface area contributed by atoms with Crippen LogP contribution in [-0.4, -0.2) is 9.97 Å². The molecule has 1 N–H and O–H groups in total. The lowest BCUT2D eigenvalue weighted by Crippen LogP contribution is -2.09. The van der Waals surface area contributed by atoms with E-state index in [1.807, 2.05) is 13.0 Å². The topological polar surface area (TPSA) is 61.6 Å². The molecule has 0 aliphatic carbocycles. The van der Waals surface area contributed by atoms with E-state index < -0.39 is 0 Å². The first-order chi connectivity index (χ1) is 8.70. The Hall–Kier alpha value is -2.41. The van der Waals surface area contributed by atoms with Crippen molar-refractivity contribution in [2.45, 2.75) is 19.9 Å². The van der Waals surface area contributed by atoms with Crippen molar-refractivity contribution >= 4 is 5.82 Å². The molecule has 0 aliphatic rings. The average molecular weight is 238 g/mol. The molecule has 2 rings (SSSR count). The van der Waals surface area contributed by atoms with E-state index in [9.17, 15) is 0 Å². The number of nitrogens with zero attached hydrogens (tertiary/aromatic N) is 3. The summed E-state index contributed by atoms with van der Waals surface area (Å²) in [7, 11) is 0. The normalized spacial score (nSPS) is 11.6. The Morgan fingerprint density at radius 1 is 1.17 bits per heavy atom. The Morgan fingerprint density at radius 2 is 1.83 bits per heavy atom. The SMILES string of the molecule is Cc1ccc(C(C)Nc2nccnc2C#N)cc1. The van der Waals surface area contributed by atoms with Crippen molar-refractivity contribution < 1.29 is 0 Å². The average Bonchev–Trinajstić information content (AvgIpc) is 2.40. The van der Waals surface area contributed by atoms with Crippen LogP contribution in [0.2, 0.25) is 0 Å². The Morgan fingerprint density at radius 3 is 2.50 bits per heavy atom. The molecule has 1 atom stereocenters. The van der Waals surface area contributed by atoms with E-state index in [0.717, 1.165) is 5.56 Å². The molecule has 90 valence electrons. The summed E-state index contributed by atoms with van der Waals surface area (Å²) in [5.41, 5.74) is 2.69. The van der Waals surface area contributed by atoms with Crippen molar-refractivity contribution in [1.29, 1.82) is 5.26 Å². The summed E-state index contributed by atoms with van der Waals surface area (Å²) in [4.78, 5) is 8.11. The van der Waals surface area contributed by atoms with Gasteiger partial charge < -0.3 is 5.32 Å². The summed E-state index contributed by atoms with van der Waals surface area (Å²) in [6, 6.07) is 10.4. The van der Waals surface area contributed by atoms with Crippen LogP contribution in [0.5, 0.6) is 0 Å². The quantitative estimate of drug-likeness (QED) is 0.893. The van der Waals surface area contributed by atoms with Gasteiger partial charge in [-0.15, -0.1) is 0 Å². The molecule has 1 heterocycles. The molecule has 0 radical (unpaired) electrons. The number of aryl methyl sites for hydroxylation is 1. The highest BCUT2D eigenvalue weighted by atomic mass is 15.0. The summed E-state index contributed by atoms with van der Waals surface area (Å²) in [6.07, 6.45) is 3.09. The number of hydrogen-bond donors (Lipinski definition) is 1. The van der Waals surface area contributed by atoms with E-state index >= 15 is 0 Å². The molecule has 1 aromatic heterocycles. The predicted octanol–water partition coefficient (Wildman–Crippen LogP) is 2.83. The van der Waals surface area contributed by atoms with Gasteiger partial charge in [0.25, 0.3) is 0 Å². The minimum Gasteiger partial charge on any atom is -0.361 e. The van der Waals surface area contributed by atoms with E-state index in [-0.39, 0.29) is 6.04 Å². The summed E-state index contributed by atoms with van der Waals surface area (Å²) in [5.74, 6) is 0.521. The highest BCUT2D eigenvalue weighted by molar-refractivity contribution is 5.48. The van der Waals surface area contributed by atoms with Crippen LogP contribution in [0.1, 0.15) is 29.8 Å². The van der Waals surface area contributed by atoms with E-state index in [1.165, 1.54) is 11.8 Å². The van der Waals surface area contributed by atoms with Gasteiger partial charge in [-0.2, -0.15) is 5.26 Å². The molecule has 0 aliphatic heterocycles. The van der Waals surface area contributed by atoms with Crippen LogP contribution in [0, 0.1) is 18.3 Å². The molecule has 1 unspecified atom stereocenters. The zero-order chi connectivity index (χ0) is 13.0. The van der Waals surface area contributed by atoms with Gasteiger partial charge in [0.15, 0.2) is 11.5 Å². The molecule has 0 fully saturated rings. The van der Waals surface area contributed by atoms with Crippen molar-refractivity contribution in [2.24, 2.45) is 0 Å². The van der Waals surface area contributed by atoms with Gasteiger partial charge in [-0.05, 0) is 19.4 Å². The van der Waals surface area contributed by atoms with Crippen molar-refractivity contribution in [1.82, 2.24) is 9.97 Å². The van der Waals surface area contributed by atoms with Crippen molar-refractivity contribution in [3.05, 3.63) is 53.5 Å². The third kappa shape index (κ3) is 2.64. The van der Waals surface area contributed by atoms with Gasteiger partial charge >= 0.3 is 0 Å². The van der Waals surface area contributed by atoms with Crippen LogP contribution < -0.4 is 5.32 Å². The minimum absolute atomic E-state index is 0.0781. The summed E-state index contributed by atoms with van der Waals surface area (Å²) < 4.78 is 0. The molecular weight excluding hydrogens is 224 g/mol. The van der Waals surface area contributed by atoms with Gasteiger partial charge in [0.2, 0.25) is 0 Å². The predicted molar refractivity (Wildman–Crippen MR) is 70.0 cm³/mol. The molecule has 18 heavy (non-hydrogen) atoms. The van der Waals surface area contributed by atoms with Crippen LogP contribution in [0.15, 0.2) is 36.7 Å². The van der Waals surface area contributed by atoms with E-state index in [2.05, 4.69) is 46.5 Å². The Bertz CT molecular complexity index is 569. The minimum atomic E-state index is 0.0781. The third-order valence-corrected chi connectivity index (χ3v) is 2.73. The highest BCUT2D eigenvalue weighted by Gasteiger charge is 2.09. The molecule has 0 saturated heterocycles. The summed E-state index contributed by atoms with van der Waals surface area (Å²) in [5, 5.41) is 12.1. The molecule has 0 saturated carbocycles. The molecule has 0 spiro atoms. The number of anilines is 1. The molecule has 2 aromatic rings. The first-order valence-corrected chi connectivity index (χ1v) is 5.75. The maximum atomic E-state index is 8.95. The van der Waals surface area contributed by atoms with Gasteiger partial charge in [0.05, 0.1) is 6.04 Å². The van der Waals surface area contributed by atoms with Gasteiger partial charge in [-0.1, -0.05) is 29.8 Å². The molecule has 0 amide bonds. The number of benzene rings is 1. The van der Waals surface area contributed by atoms with Gasteiger partial charge in [-0.25, -0.2) is 9.97 Å².